The highest BCUT2D eigenvalue weighted by Gasteiger charge is 2.30. The molecule has 0 heterocycles. The third-order valence-electron chi connectivity index (χ3n) is 16.2. The Balaban J connectivity index is 5.27. The first-order valence-electron chi connectivity index (χ1n) is 34.3. The van der Waals surface area contributed by atoms with Gasteiger partial charge in [0.1, 0.15) is 19.3 Å². The van der Waals surface area contributed by atoms with E-state index < -0.39 is 97.5 Å². The first kappa shape index (κ1) is 83.1. The summed E-state index contributed by atoms with van der Waals surface area (Å²) in [5, 5.41) is 10.6. The molecule has 0 spiro atoms. The molecule has 0 rings (SSSR count). The van der Waals surface area contributed by atoms with Crippen LogP contribution in [0.4, 0.5) is 0 Å². The van der Waals surface area contributed by atoms with Gasteiger partial charge in [-0.25, -0.2) is 9.13 Å². The van der Waals surface area contributed by atoms with Crippen LogP contribution in [0.25, 0.3) is 0 Å². The number of hydrogen-bond donors (Lipinski definition) is 3. The van der Waals surface area contributed by atoms with E-state index in [1.807, 2.05) is 0 Å². The zero-order chi connectivity index (χ0) is 63.2. The van der Waals surface area contributed by atoms with Crippen molar-refractivity contribution in [3.63, 3.8) is 0 Å². The van der Waals surface area contributed by atoms with Crippen molar-refractivity contribution in [1.29, 1.82) is 0 Å². The Bertz CT molecular complexity index is 1700. The molecule has 17 nitrogen and oxygen atoms in total. The lowest BCUT2D eigenvalue weighted by atomic mass is 9.99. The summed E-state index contributed by atoms with van der Waals surface area (Å²) in [6.07, 6.45) is 36.2. The zero-order valence-corrected chi connectivity index (χ0v) is 57.0. The van der Waals surface area contributed by atoms with Crippen molar-refractivity contribution in [3.05, 3.63) is 0 Å². The minimum Gasteiger partial charge on any atom is -0.462 e. The maximum atomic E-state index is 13.0. The number of unbranched alkanes of at least 4 members (excludes halogenated alkanes) is 26. The summed E-state index contributed by atoms with van der Waals surface area (Å²) in [6, 6.07) is 0. The highest BCUT2D eigenvalue weighted by molar-refractivity contribution is 7.47. The van der Waals surface area contributed by atoms with Crippen LogP contribution >= 0.6 is 15.6 Å². The molecule has 0 bridgehead atoms. The Morgan fingerprint density at radius 3 is 0.835 bits per heavy atom. The molecular weight excluding hydrogens is 1130 g/mol. The van der Waals surface area contributed by atoms with Gasteiger partial charge in [0.2, 0.25) is 0 Å². The Morgan fingerprint density at radius 1 is 0.329 bits per heavy atom. The monoisotopic (exact) mass is 1250 g/mol. The summed E-state index contributed by atoms with van der Waals surface area (Å²) in [6.45, 7) is 14.0. The summed E-state index contributed by atoms with van der Waals surface area (Å²) < 4.78 is 68.1. The molecule has 85 heavy (non-hydrogen) atoms. The van der Waals surface area contributed by atoms with E-state index >= 15 is 0 Å². The van der Waals surface area contributed by atoms with Crippen LogP contribution in [0.15, 0.2) is 0 Å². The molecule has 0 saturated heterocycles. The minimum absolute atomic E-state index is 0.103. The third kappa shape index (κ3) is 57.0. The molecule has 0 radical (unpaired) electrons. The van der Waals surface area contributed by atoms with Crippen LogP contribution in [-0.4, -0.2) is 96.7 Å². The predicted molar refractivity (Wildman–Crippen MR) is 340 cm³/mol. The van der Waals surface area contributed by atoms with Gasteiger partial charge in [-0.3, -0.25) is 37.3 Å². The molecule has 0 aromatic rings. The number of aliphatic hydroxyl groups excluding tert-OH is 1. The van der Waals surface area contributed by atoms with Crippen LogP contribution in [0.2, 0.25) is 0 Å². The molecule has 5 unspecified atom stereocenters. The highest BCUT2D eigenvalue weighted by Crippen LogP contribution is 2.45. The molecule has 0 amide bonds. The maximum Gasteiger partial charge on any atom is 0.472 e. The van der Waals surface area contributed by atoms with Crippen LogP contribution in [0.3, 0.4) is 0 Å². The normalized spacial score (nSPS) is 15.3. The highest BCUT2D eigenvalue weighted by atomic mass is 31.2. The second kappa shape index (κ2) is 56.1. The van der Waals surface area contributed by atoms with E-state index in [2.05, 4.69) is 55.4 Å². The van der Waals surface area contributed by atoms with E-state index in [0.29, 0.717) is 25.7 Å². The molecule has 0 aliphatic carbocycles. The predicted octanol–water partition coefficient (Wildman–Crippen LogP) is 18.1. The van der Waals surface area contributed by atoms with Gasteiger partial charge in [0, 0.05) is 25.7 Å². The molecule has 0 aromatic carbocycles. The van der Waals surface area contributed by atoms with E-state index in [1.54, 1.807) is 0 Å². The summed E-state index contributed by atoms with van der Waals surface area (Å²) in [5.41, 5.74) is 0. The minimum atomic E-state index is -4.95. The zero-order valence-electron chi connectivity index (χ0n) is 55.2. The fourth-order valence-corrected chi connectivity index (χ4v) is 11.3. The number of phosphoric ester groups is 2. The van der Waals surface area contributed by atoms with Crippen molar-refractivity contribution < 1.29 is 80.2 Å². The van der Waals surface area contributed by atoms with Crippen LogP contribution in [0.5, 0.6) is 0 Å². The molecule has 19 heteroatoms. The third-order valence-corrected chi connectivity index (χ3v) is 18.1. The molecule has 504 valence electrons. The summed E-state index contributed by atoms with van der Waals surface area (Å²) in [5.74, 6) is 0.845. The van der Waals surface area contributed by atoms with Crippen molar-refractivity contribution in [1.82, 2.24) is 0 Å². The van der Waals surface area contributed by atoms with Crippen molar-refractivity contribution >= 4 is 39.5 Å². The maximum absolute atomic E-state index is 13.0. The largest absolute Gasteiger partial charge is 0.472 e. The molecule has 0 aromatic heterocycles. The number of rotatable bonds is 63. The lowest BCUT2D eigenvalue weighted by Crippen LogP contribution is -2.30. The molecular formula is C66H128O17P2. The fourth-order valence-electron chi connectivity index (χ4n) is 9.69. The average Bonchev–Trinajstić information content (AvgIpc) is 3.55. The molecule has 3 N–H and O–H groups in total. The van der Waals surface area contributed by atoms with Crippen molar-refractivity contribution in [2.75, 3.05) is 39.6 Å². The van der Waals surface area contributed by atoms with E-state index in [0.717, 1.165) is 126 Å². The van der Waals surface area contributed by atoms with Gasteiger partial charge < -0.3 is 33.8 Å². The van der Waals surface area contributed by atoms with Gasteiger partial charge in [0.05, 0.1) is 26.4 Å². The van der Waals surface area contributed by atoms with Crippen LogP contribution in [0.1, 0.15) is 319 Å². The molecule has 0 fully saturated rings. The summed E-state index contributed by atoms with van der Waals surface area (Å²) in [7, 11) is -9.89. The van der Waals surface area contributed by atoms with Crippen LogP contribution in [0, 0.1) is 23.7 Å². The fraction of sp³-hybridized carbons (Fsp3) is 0.939. The quantitative estimate of drug-likeness (QED) is 0.0222. The van der Waals surface area contributed by atoms with E-state index in [-0.39, 0.29) is 25.7 Å². The first-order valence-corrected chi connectivity index (χ1v) is 37.3. The molecule has 0 aliphatic heterocycles. The number of aliphatic hydroxyl groups is 1. The van der Waals surface area contributed by atoms with Gasteiger partial charge in [0.25, 0.3) is 0 Å². The molecule has 0 aliphatic rings. The van der Waals surface area contributed by atoms with E-state index in [1.165, 1.54) is 109 Å². The first-order chi connectivity index (χ1) is 40.7. The Kier molecular flexibility index (Phi) is 54.8. The number of carbonyl (C=O) groups is 4. The van der Waals surface area contributed by atoms with Gasteiger partial charge >= 0.3 is 39.5 Å². The van der Waals surface area contributed by atoms with Crippen LogP contribution < -0.4 is 0 Å². The lowest BCUT2D eigenvalue weighted by Gasteiger charge is -2.21. The standard InChI is InChI=1S/C66H128O17P2/c1-9-57(6)43-35-27-19-14-12-13-15-20-32-40-48-65(70)82-61(52-76-63(68)46-38-30-24-22-28-36-44-58(7)10-2)54-80-84(72,73)78-50-60(67)51-79-85(74,75)81-55-62(53-77-64(69)47-39-31-25-23-29-37-45-59(8)11-3)83-66(71)49-41-33-21-17-16-18-26-34-42-56(4)5/h56-62,67H,9-55H2,1-8H3,(H,72,73)(H,74,75)/t57?,58?,59?,60-,61-,62-/m1/s1. The van der Waals surface area contributed by atoms with Crippen molar-refractivity contribution in [3.8, 4) is 0 Å². The van der Waals surface area contributed by atoms with Gasteiger partial charge in [-0.05, 0) is 49.4 Å². The topological polar surface area (TPSA) is 237 Å². The molecule has 8 atom stereocenters. The lowest BCUT2D eigenvalue weighted by molar-refractivity contribution is -0.161. The van der Waals surface area contributed by atoms with Gasteiger partial charge in [-0.1, -0.05) is 267 Å². The number of ether oxygens (including phenoxy) is 4. The van der Waals surface area contributed by atoms with Gasteiger partial charge in [0.15, 0.2) is 12.2 Å². The Labute approximate surface area is 517 Å². The summed E-state index contributed by atoms with van der Waals surface area (Å²) in [4.78, 5) is 72.3. The SMILES string of the molecule is CCC(C)CCCCCCCCCCCCC(=O)O[C@H](COC(=O)CCCCCCCCC(C)CC)COP(=O)(O)OC[C@@H](O)COP(=O)(O)OC[C@@H](COC(=O)CCCCCCCCC(C)CC)OC(=O)CCCCCCCCCCC(C)C. The number of carbonyl (C=O) groups excluding carboxylic acids is 4. The second-order valence-corrected chi connectivity index (χ2v) is 28.0. The van der Waals surface area contributed by atoms with E-state index in [4.69, 9.17) is 37.0 Å². The van der Waals surface area contributed by atoms with Gasteiger partial charge in [-0.15, -0.1) is 0 Å². The smallest absolute Gasteiger partial charge is 0.462 e. The number of phosphoric acid groups is 2. The average molecular weight is 1260 g/mol. The van der Waals surface area contributed by atoms with Crippen LogP contribution in [-0.2, 0) is 65.4 Å². The number of esters is 4. The van der Waals surface area contributed by atoms with Gasteiger partial charge in [-0.2, -0.15) is 0 Å². The molecule has 0 saturated carbocycles. The van der Waals surface area contributed by atoms with E-state index in [9.17, 15) is 43.2 Å². The summed E-state index contributed by atoms with van der Waals surface area (Å²) >= 11 is 0. The van der Waals surface area contributed by atoms with Crippen molar-refractivity contribution in [2.24, 2.45) is 23.7 Å². The second-order valence-electron chi connectivity index (χ2n) is 25.1. The Hall–Kier alpha value is -1.94. The Morgan fingerprint density at radius 2 is 0.565 bits per heavy atom. The number of hydrogen-bond acceptors (Lipinski definition) is 15. The van der Waals surface area contributed by atoms with Crippen molar-refractivity contribution in [2.45, 2.75) is 337 Å².